The monoisotopic (exact) mass is 256 g/mol. The standard InChI is InChI=1S/C13H24N2O3/c1-2-3-4-11(13(17)18)15-12(16)6-5-10-7-8-14-9-10/h10-11,14H,2-9H2,1H3,(H,15,16)(H,17,18). The predicted molar refractivity (Wildman–Crippen MR) is 69.3 cm³/mol. The number of nitrogens with one attached hydrogen (secondary N) is 2. The third kappa shape index (κ3) is 5.49. The van der Waals surface area contributed by atoms with Crippen molar-refractivity contribution in [2.24, 2.45) is 5.92 Å². The van der Waals surface area contributed by atoms with Crippen molar-refractivity contribution in [1.29, 1.82) is 0 Å². The molecule has 0 aromatic heterocycles. The van der Waals surface area contributed by atoms with Crippen LogP contribution in [0.5, 0.6) is 0 Å². The van der Waals surface area contributed by atoms with Gasteiger partial charge in [-0.3, -0.25) is 4.79 Å². The lowest BCUT2D eigenvalue weighted by Crippen LogP contribution is -2.40. The van der Waals surface area contributed by atoms with Gasteiger partial charge >= 0.3 is 5.97 Å². The van der Waals surface area contributed by atoms with Crippen LogP contribution in [0.1, 0.15) is 45.4 Å². The molecule has 5 nitrogen and oxygen atoms in total. The smallest absolute Gasteiger partial charge is 0.326 e. The Kier molecular flexibility index (Phi) is 6.72. The van der Waals surface area contributed by atoms with Crippen molar-refractivity contribution in [3.8, 4) is 0 Å². The lowest BCUT2D eigenvalue weighted by molar-refractivity contribution is -0.142. The first-order valence-corrected chi connectivity index (χ1v) is 6.86. The van der Waals surface area contributed by atoms with Crippen molar-refractivity contribution in [1.82, 2.24) is 10.6 Å². The van der Waals surface area contributed by atoms with Gasteiger partial charge in [-0.15, -0.1) is 0 Å². The van der Waals surface area contributed by atoms with Crippen molar-refractivity contribution >= 4 is 11.9 Å². The summed E-state index contributed by atoms with van der Waals surface area (Å²) in [5.74, 6) is -0.501. The van der Waals surface area contributed by atoms with Crippen LogP contribution in [0.25, 0.3) is 0 Å². The van der Waals surface area contributed by atoms with Crippen molar-refractivity contribution < 1.29 is 14.7 Å². The zero-order valence-corrected chi connectivity index (χ0v) is 11.1. The van der Waals surface area contributed by atoms with Gasteiger partial charge in [-0.2, -0.15) is 0 Å². The molecular weight excluding hydrogens is 232 g/mol. The number of carboxylic acids is 1. The Bertz CT molecular complexity index is 275. The average molecular weight is 256 g/mol. The summed E-state index contributed by atoms with van der Waals surface area (Å²) in [7, 11) is 0. The van der Waals surface area contributed by atoms with Crippen molar-refractivity contribution in [3.05, 3.63) is 0 Å². The molecule has 0 bridgehead atoms. The van der Waals surface area contributed by atoms with Crippen LogP contribution < -0.4 is 10.6 Å². The van der Waals surface area contributed by atoms with Crippen LogP contribution in [0.2, 0.25) is 0 Å². The quantitative estimate of drug-likeness (QED) is 0.608. The maximum absolute atomic E-state index is 11.7. The Morgan fingerprint density at radius 1 is 1.50 bits per heavy atom. The van der Waals surface area contributed by atoms with Gasteiger partial charge < -0.3 is 15.7 Å². The van der Waals surface area contributed by atoms with E-state index in [4.69, 9.17) is 5.11 Å². The molecule has 1 amide bonds. The fourth-order valence-corrected chi connectivity index (χ4v) is 2.23. The van der Waals surface area contributed by atoms with Crippen molar-refractivity contribution in [2.75, 3.05) is 13.1 Å². The predicted octanol–water partition coefficient (Wildman–Crippen LogP) is 1.14. The highest BCUT2D eigenvalue weighted by atomic mass is 16.4. The molecule has 2 atom stereocenters. The highest BCUT2D eigenvalue weighted by Crippen LogP contribution is 2.14. The number of aliphatic carboxylic acids is 1. The molecule has 0 aromatic rings. The van der Waals surface area contributed by atoms with Gasteiger partial charge in [0.25, 0.3) is 0 Å². The van der Waals surface area contributed by atoms with Crippen LogP contribution in [0.3, 0.4) is 0 Å². The second kappa shape index (κ2) is 8.08. The highest BCUT2D eigenvalue weighted by Gasteiger charge is 2.20. The molecule has 1 heterocycles. The molecule has 0 saturated carbocycles. The first-order valence-electron chi connectivity index (χ1n) is 6.86. The zero-order chi connectivity index (χ0) is 13.4. The fourth-order valence-electron chi connectivity index (χ4n) is 2.23. The van der Waals surface area contributed by atoms with E-state index < -0.39 is 12.0 Å². The zero-order valence-electron chi connectivity index (χ0n) is 11.1. The number of carbonyl (C=O) groups is 2. The lowest BCUT2D eigenvalue weighted by Gasteiger charge is -2.15. The molecule has 1 aliphatic rings. The van der Waals surface area contributed by atoms with Crippen LogP contribution in [-0.2, 0) is 9.59 Å². The highest BCUT2D eigenvalue weighted by molar-refractivity contribution is 5.83. The van der Waals surface area contributed by atoms with E-state index in [0.29, 0.717) is 18.8 Å². The second-order valence-electron chi connectivity index (χ2n) is 5.00. The molecule has 1 saturated heterocycles. The first kappa shape index (κ1) is 15.0. The van der Waals surface area contributed by atoms with E-state index in [2.05, 4.69) is 10.6 Å². The number of rotatable bonds is 8. The third-order valence-corrected chi connectivity index (χ3v) is 3.42. The van der Waals surface area contributed by atoms with Crippen molar-refractivity contribution in [2.45, 2.75) is 51.5 Å². The lowest BCUT2D eigenvalue weighted by atomic mass is 10.0. The van der Waals surface area contributed by atoms with Crippen LogP contribution in [0.15, 0.2) is 0 Å². The molecular formula is C13H24N2O3. The maximum Gasteiger partial charge on any atom is 0.326 e. The van der Waals surface area contributed by atoms with E-state index in [9.17, 15) is 9.59 Å². The topological polar surface area (TPSA) is 78.4 Å². The van der Waals surface area contributed by atoms with E-state index in [1.54, 1.807) is 0 Å². The minimum absolute atomic E-state index is 0.134. The van der Waals surface area contributed by atoms with Gasteiger partial charge in [0.05, 0.1) is 0 Å². The number of unbranched alkanes of at least 4 members (excludes halogenated alkanes) is 1. The number of carbonyl (C=O) groups excluding carboxylic acids is 1. The van der Waals surface area contributed by atoms with Crippen LogP contribution in [0.4, 0.5) is 0 Å². The molecule has 0 aromatic carbocycles. The number of amides is 1. The molecule has 3 N–H and O–H groups in total. The van der Waals surface area contributed by atoms with E-state index in [1.807, 2.05) is 6.92 Å². The molecule has 0 radical (unpaired) electrons. The third-order valence-electron chi connectivity index (χ3n) is 3.42. The van der Waals surface area contributed by atoms with E-state index >= 15 is 0 Å². The maximum atomic E-state index is 11.7. The SMILES string of the molecule is CCCCC(NC(=O)CCC1CCNC1)C(=O)O. The minimum atomic E-state index is -0.931. The summed E-state index contributed by atoms with van der Waals surface area (Å²) in [5.41, 5.74) is 0. The van der Waals surface area contributed by atoms with Gasteiger partial charge in [0.15, 0.2) is 0 Å². The molecule has 5 heteroatoms. The summed E-state index contributed by atoms with van der Waals surface area (Å²) in [5, 5.41) is 14.9. The molecule has 1 fully saturated rings. The van der Waals surface area contributed by atoms with Gasteiger partial charge in [-0.1, -0.05) is 19.8 Å². The first-order chi connectivity index (χ1) is 8.63. The van der Waals surface area contributed by atoms with Crippen molar-refractivity contribution in [3.63, 3.8) is 0 Å². The number of carboxylic acid groups (broad SMARTS) is 1. The van der Waals surface area contributed by atoms with Crippen LogP contribution in [-0.4, -0.2) is 36.1 Å². The van der Waals surface area contributed by atoms with E-state index in [-0.39, 0.29) is 5.91 Å². The molecule has 2 unspecified atom stereocenters. The van der Waals surface area contributed by atoms with E-state index in [1.165, 1.54) is 0 Å². The summed E-state index contributed by atoms with van der Waals surface area (Å²) in [6.07, 6.45) is 4.67. The largest absolute Gasteiger partial charge is 0.480 e. The summed E-state index contributed by atoms with van der Waals surface area (Å²) >= 11 is 0. The van der Waals surface area contributed by atoms with Gasteiger partial charge in [0.2, 0.25) is 5.91 Å². The Hall–Kier alpha value is -1.10. The average Bonchev–Trinajstić information content (AvgIpc) is 2.84. The summed E-state index contributed by atoms with van der Waals surface area (Å²) in [6, 6.07) is -0.723. The Balaban J connectivity index is 2.24. The molecule has 18 heavy (non-hydrogen) atoms. The summed E-state index contributed by atoms with van der Waals surface area (Å²) in [6.45, 7) is 4.01. The normalized spacial score (nSPS) is 20.6. The van der Waals surface area contributed by atoms with Crippen LogP contribution in [0, 0.1) is 5.92 Å². The Morgan fingerprint density at radius 2 is 2.28 bits per heavy atom. The molecule has 0 aliphatic carbocycles. The Labute approximate surface area is 108 Å². The van der Waals surface area contributed by atoms with Gasteiger partial charge in [0.1, 0.15) is 6.04 Å². The van der Waals surface area contributed by atoms with Gasteiger partial charge in [-0.25, -0.2) is 4.79 Å². The molecule has 1 aliphatic heterocycles. The van der Waals surface area contributed by atoms with Gasteiger partial charge in [-0.05, 0) is 38.3 Å². The minimum Gasteiger partial charge on any atom is -0.480 e. The number of hydrogen-bond acceptors (Lipinski definition) is 3. The van der Waals surface area contributed by atoms with Crippen LogP contribution >= 0.6 is 0 Å². The molecule has 1 rings (SSSR count). The fraction of sp³-hybridized carbons (Fsp3) is 0.846. The number of hydrogen-bond donors (Lipinski definition) is 3. The molecule has 0 spiro atoms. The summed E-state index contributed by atoms with van der Waals surface area (Å²) < 4.78 is 0. The Morgan fingerprint density at radius 3 is 2.83 bits per heavy atom. The summed E-state index contributed by atoms with van der Waals surface area (Å²) in [4.78, 5) is 22.7. The van der Waals surface area contributed by atoms with Gasteiger partial charge in [0, 0.05) is 6.42 Å². The second-order valence-corrected chi connectivity index (χ2v) is 5.00. The molecule has 104 valence electrons. The van der Waals surface area contributed by atoms with E-state index in [0.717, 1.165) is 38.8 Å².